The molecule has 0 unspecified atom stereocenters. The maximum Gasteiger partial charge on any atom is 0.324 e. The van der Waals surface area contributed by atoms with Crippen LogP contribution in [0.5, 0.6) is 0 Å². The normalized spacial score (nSPS) is 10.8. The van der Waals surface area contributed by atoms with E-state index in [-0.39, 0.29) is 11.6 Å². The summed E-state index contributed by atoms with van der Waals surface area (Å²) in [5.74, 6) is -0.359. The number of carbonyl (C=O) groups is 1. The van der Waals surface area contributed by atoms with Crippen LogP contribution >= 0.6 is 0 Å². The largest absolute Gasteiger partial charge is 0.383 e. The molecule has 0 saturated heterocycles. The van der Waals surface area contributed by atoms with Crippen molar-refractivity contribution >= 4 is 11.6 Å². The smallest absolute Gasteiger partial charge is 0.324 e. The van der Waals surface area contributed by atoms with E-state index in [0.29, 0.717) is 16.8 Å². The van der Waals surface area contributed by atoms with E-state index >= 15 is 0 Å². The third kappa shape index (κ3) is 2.72. The first-order valence-corrected chi connectivity index (χ1v) is 5.07. The first kappa shape index (κ1) is 13.0. The predicted octanol–water partition coefficient (Wildman–Crippen LogP) is 1.80. The Balaban J connectivity index is 3.15. The summed E-state index contributed by atoms with van der Waals surface area (Å²) in [4.78, 5) is 26.4. The number of aromatic amines is 1. The van der Waals surface area contributed by atoms with Crippen LogP contribution in [0.4, 0.5) is 5.82 Å². The first-order chi connectivity index (χ1) is 7.84. The lowest BCUT2D eigenvalue weighted by molar-refractivity contribution is -0.389. The third-order valence-electron chi connectivity index (χ3n) is 2.36. The monoisotopic (exact) mass is 237 g/mol. The van der Waals surface area contributed by atoms with Gasteiger partial charge in [-0.2, -0.15) is 0 Å². The van der Waals surface area contributed by atoms with Gasteiger partial charge in [0.2, 0.25) is 0 Å². The minimum Gasteiger partial charge on any atom is -0.383 e. The first-order valence-electron chi connectivity index (χ1n) is 5.07. The molecule has 6 nitrogen and oxygen atoms in total. The Morgan fingerprint density at radius 2 is 2.00 bits per heavy atom. The summed E-state index contributed by atoms with van der Waals surface area (Å²) in [7, 11) is 3.59. The number of hydrogen-bond acceptors (Lipinski definition) is 4. The standard InChI is InChI=1S/C11H15N3O3/c1-7-10(9(15)5-6-13(3)4)8(2)12-11(7)14(16)17/h5-6,12H,1-4H3/b6-5+. The van der Waals surface area contributed by atoms with Crippen molar-refractivity contribution in [2.24, 2.45) is 0 Å². The van der Waals surface area contributed by atoms with Gasteiger partial charge in [-0.3, -0.25) is 4.79 Å². The lowest BCUT2D eigenvalue weighted by Gasteiger charge is -2.02. The van der Waals surface area contributed by atoms with Crippen LogP contribution in [0.1, 0.15) is 21.6 Å². The van der Waals surface area contributed by atoms with Crippen LogP contribution in [0.2, 0.25) is 0 Å². The zero-order valence-corrected chi connectivity index (χ0v) is 10.3. The summed E-state index contributed by atoms with van der Waals surface area (Å²) in [6.45, 7) is 3.22. The van der Waals surface area contributed by atoms with E-state index in [9.17, 15) is 14.9 Å². The zero-order valence-electron chi connectivity index (χ0n) is 10.3. The van der Waals surface area contributed by atoms with Crippen molar-refractivity contribution in [2.75, 3.05) is 14.1 Å². The zero-order chi connectivity index (χ0) is 13.2. The SMILES string of the molecule is Cc1[nH]c([N+](=O)[O-])c(C)c1C(=O)/C=C/N(C)C. The number of carbonyl (C=O) groups excluding carboxylic acids is 1. The molecular weight excluding hydrogens is 222 g/mol. The van der Waals surface area contributed by atoms with Crippen molar-refractivity contribution in [1.29, 1.82) is 0 Å². The molecule has 1 N–H and O–H groups in total. The fourth-order valence-corrected chi connectivity index (χ4v) is 1.59. The number of nitrogens with one attached hydrogen (secondary N) is 1. The van der Waals surface area contributed by atoms with Gasteiger partial charge in [0.15, 0.2) is 5.78 Å². The second-order valence-electron chi connectivity index (χ2n) is 4.00. The molecule has 0 aliphatic rings. The molecule has 1 heterocycles. The Hall–Kier alpha value is -2.11. The molecular formula is C11H15N3O3. The number of allylic oxidation sites excluding steroid dienone is 1. The van der Waals surface area contributed by atoms with Crippen LogP contribution in [0.25, 0.3) is 0 Å². The van der Waals surface area contributed by atoms with Gasteiger partial charge in [-0.05, 0) is 18.8 Å². The van der Waals surface area contributed by atoms with Crippen molar-refractivity contribution in [3.63, 3.8) is 0 Å². The van der Waals surface area contributed by atoms with Crippen LogP contribution in [-0.2, 0) is 0 Å². The van der Waals surface area contributed by atoms with Crippen molar-refractivity contribution < 1.29 is 9.72 Å². The number of aryl methyl sites for hydroxylation is 1. The number of nitro groups is 1. The van der Waals surface area contributed by atoms with Crippen molar-refractivity contribution in [2.45, 2.75) is 13.8 Å². The van der Waals surface area contributed by atoms with Crippen LogP contribution in [-0.4, -0.2) is 34.7 Å². The summed E-state index contributed by atoms with van der Waals surface area (Å²) in [6.07, 6.45) is 3.01. The summed E-state index contributed by atoms with van der Waals surface area (Å²) in [5.41, 5.74) is 1.26. The number of ketones is 1. The van der Waals surface area contributed by atoms with Crippen LogP contribution < -0.4 is 0 Å². The Bertz CT molecular complexity index is 486. The molecule has 0 aliphatic heterocycles. The number of aromatic nitrogens is 1. The van der Waals surface area contributed by atoms with Gasteiger partial charge >= 0.3 is 5.82 Å². The topological polar surface area (TPSA) is 79.2 Å². The van der Waals surface area contributed by atoms with Crippen molar-refractivity contribution in [3.8, 4) is 0 Å². The van der Waals surface area contributed by atoms with Crippen molar-refractivity contribution in [1.82, 2.24) is 9.88 Å². The molecule has 0 aromatic carbocycles. The van der Waals surface area contributed by atoms with Gasteiger partial charge in [0.1, 0.15) is 5.69 Å². The van der Waals surface area contributed by atoms with E-state index < -0.39 is 4.92 Å². The molecule has 0 amide bonds. The minimum atomic E-state index is -0.519. The lowest BCUT2D eigenvalue weighted by Crippen LogP contribution is -2.04. The van der Waals surface area contributed by atoms with Crippen molar-refractivity contribution in [3.05, 3.63) is 39.2 Å². The molecule has 0 aliphatic carbocycles. The predicted molar refractivity (Wildman–Crippen MR) is 64.1 cm³/mol. The highest BCUT2D eigenvalue weighted by Crippen LogP contribution is 2.24. The lowest BCUT2D eigenvalue weighted by atomic mass is 10.1. The highest BCUT2D eigenvalue weighted by atomic mass is 16.6. The molecule has 1 aromatic heterocycles. The summed E-state index contributed by atoms with van der Waals surface area (Å²) in [6, 6.07) is 0. The van der Waals surface area contributed by atoms with Crippen LogP contribution in [0.15, 0.2) is 12.3 Å². The minimum absolute atomic E-state index is 0.121. The second kappa shape index (κ2) is 4.82. The number of nitrogens with zero attached hydrogens (tertiary/aromatic N) is 2. The highest BCUT2D eigenvalue weighted by molar-refractivity contribution is 6.07. The molecule has 0 bridgehead atoms. The van der Waals surface area contributed by atoms with E-state index in [1.165, 1.54) is 6.08 Å². The fourth-order valence-electron chi connectivity index (χ4n) is 1.59. The van der Waals surface area contributed by atoms with E-state index in [2.05, 4.69) is 4.98 Å². The Morgan fingerprint density at radius 1 is 1.41 bits per heavy atom. The summed E-state index contributed by atoms with van der Waals surface area (Å²) in [5, 5.41) is 10.7. The van der Waals surface area contributed by atoms with Gasteiger partial charge in [-0.1, -0.05) is 0 Å². The Morgan fingerprint density at radius 3 is 2.41 bits per heavy atom. The molecule has 0 saturated carbocycles. The van der Waals surface area contributed by atoms with E-state index in [1.807, 2.05) is 0 Å². The number of rotatable bonds is 4. The summed E-state index contributed by atoms with van der Waals surface area (Å²) >= 11 is 0. The molecule has 0 atom stereocenters. The molecule has 0 spiro atoms. The van der Waals surface area contributed by atoms with Gasteiger partial charge in [-0.25, -0.2) is 4.98 Å². The summed E-state index contributed by atoms with van der Waals surface area (Å²) < 4.78 is 0. The van der Waals surface area contributed by atoms with Crippen LogP contribution in [0, 0.1) is 24.0 Å². The highest BCUT2D eigenvalue weighted by Gasteiger charge is 2.23. The average molecular weight is 237 g/mol. The molecule has 6 heteroatoms. The van der Waals surface area contributed by atoms with Gasteiger partial charge < -0.3 is 15.0 Å². The number of hydrogen-bond donors (Lipinski definition) is 1. The molecule has 92 valence electrons. The number of H-pyrrole nitrogens is 1. The second-order valence-corrected chi connectivity index (χ2v) is 4.00. The third-order valence-corrected chi connectivity index (χ3v) is 2.36. The van der Waals surface area contributed by atoms with Gasteiger partial charge in [0.25, 0.3) is 0 Å². The molecule has 1 aromatic rings. The van der Waals surface area contributed by atoms with Crippen LogP contribution in [0.3, 0.4) is 0 Å². The van der Waals surface area contributed by atoms with E-state index in [4.69, 9.17) is 0 Å². The Kier molecular flexibility index (Phi) is 3.67. The van der Waals surface area contributed by atoms with E-state index in [0.717, 1.165) is 0 Å². The van der Waals surface area contributed by atoms with E-state index in [1.54, 1.807) is 39.0 Å². The maximum absolute atomic E-state index is 11.9. The Labute approximate surface area is 99.1 Å². The van der Waals surface area contributed by atoms with Gasteiger partial charge in [0, 0.05) is 26.4 Å². The van der Waals surface area contributed by atoms with Gasteiger partial charge in [-0.15, -0.1) is 0 Å². The molecule has 1 rings (SSSR count). The molecule has 0 fully saturated rings. The average Bonchev–Trinajstić information content (AvgIpc) is 2.51. The quantitative estimate of drug-likeness (QED) is 0.375. The maximum atomic E-state index is 11.9. The fraction of sp³-hybridized carbons (Fsp3) is 0.364. The van der Waals surface area contributed by atoms with Gasteiger partial charge in [0.05, 0.1) is 11.1 Å². The molecule has 0 radical (unpaired) electrons. The molecule has 17 heavy (non-hydrogen) atoms.